The molecule has 0 aliphatic heterocycles. The molecule has 0 fully saturated rings. The van der Waals surface area contributed by atoms with Crippen LogP contribution < -0.4 is 5.46 Å². The molecule has 16 heavy (non-hydrogen) atoms. The van der Waals surface area contributed by atoms with Crippen molar-refractivity contribution in [2.24, 2.45) is 0 Å². The van der Waals surface area contributed by atoms with Gasteiger partial charge in [-0.25, -0.2) is 0 Å². The summed E-state index contributed by atoms with van der Waals surface area (Å²) in [5.74, 6) is 0. The van der Waals surface area contributed by atoms with Crippen molar-refractivity contribution in [1.29, 1.82) is 0 Å². The summed E-state index contributed by atoms with van der Waals surface area (Å²) in [6.07, 6.45) is -3.40. The topological polar surface area (TPSA) is 69.1 Å². The van der Waals surface area contributed by atoms with Crippen LogP contribution in [0.15, 0.2) is 18.3 Å². The van der Waals surface area contributed by atoms with E-state index in [0.29, 0.717) is 5.52 Å². The maximum atomic E-state index is 12.6. The van der Waals surface area contributed by atoms with Crippen LogP contribution in [-0.4, -0.2) is 27.4 Å². The standard InChI is InChI=1S/C8H6BF3N2O2/c10-8(11,12)5-1-4-3-13-14-7(4)2-6(5)9(15)16/h1-3,15-16H,(H,13,14). The first kappa shape index (κ1) is 11.0. The van der Waals surface area contributed by atoms with Gasteiger partial charge in [-0.05, 0) is 17.6 Å². The van der Waals surface area contributed by atoms with Crippen molar-refractivity contribution in [3.8, 4) is 0 Å². The fourth-order valence-corrected chi connectivity index (χ4v) is 1.47. The number of fused-ring (bicyclic) bond motifs is 1. The van der Waals surface area contributed by atoms with Gasteiger partial charge in [-0.2, -0.15) is 18.3 Å². The predicted molar refractivity (Wildman–Crippen MR) is 50.9 cm³/mol. The number of H-pyrrole nitrogens is 1. The third-order valence-electron chi connectivity index (χ3n) is 2.19. The summed E-state index contributed by atoms with van der Waals surface area (Å²) in [6, 6.07) is 1.85. The summed E-state index contributed by atoms with van der Waals surface area (Å²) < 4.78 is 37.8. The van der Waals surface area contributed by atoms with Gasteiger partial charge in [0.2, 0.25) is 0 Å². The summed E-state index contributed by atoms with van der Waals surface area (Å²) in [5, 5.41) is 24.1. The maximum absolute atomic E-state index is 12.6. The quantitative estimate of drug-likeness (QED) is 0.615. The fraction of sp³-hybridized carbons (Fsp3) is 0.125. The zero-order chi connectivity index (χ0) is 11.9. The van der Waals surface area contributed by atoms with E-state index in [1.54, 1.807) is 0 Å². The molecule has 1 aromatic heterocycles. The summed E-state index contributed by atoms with van der Waals surface area (Å²) >= 11 is 0. The lowest BCUT2D eigenvalue weighted by Gasteiger charge is -2.12. The number of aromatic nitrogens is 2. The lowest BCUT2D eigenvalue weighted by molar-refractivity contribution is -0.136. The largest absolute Gasteiger partial charge is 0.489 e. The second-order valence-corrected chi connectivity index (χ2v) is 3.27. The van der Waals surface area contributed by atoms with Crippen molar-refractivity contribution in [1.82, 2.24) is 10.2 Å². The fourth-order valence-electron chi connectivity index (χ4n) is 1.47. The van der Waals surface area contributed by atoms with Gasteiger partial charge in [0.05, 0.1) is 17.3 Å². The third-order valence-corrected chi connectivity index (χ3v) is 2.19. The van der Waals surface area contributed by atoms with Crippen LogP contribution in [0.3, 0.4) is 0 Å². The first-order valence-corrected chi connectivity index (χ1v) is 4.30. The van der Waals surface area contributed by atoms with Gasteiger partial charge in [0.1, 0.15) is 0 Å². The highest BCUT2D eigenvalue weighted by molar-refractivity contribution is 6.59. The maximum Gasteiger partial charge on any atom is 0.489 e. The smallest absolute Gasteiger partial charge is 0.423 e. The van der Waals surface area contributed by atoms with Crippen LogP contribution >= 0.6 is 0 Å². The minimum Gasteiger partial charge on any atom is -0.423 e. The molecule has 2 aromatic rings. The number of hydrogen-bond acceptors (Lipinski definition) is 3. The summed E-state index contributed by atoms with van der Waals surface area (Å²) in [7, 11) is -2.18. The molecule has 2 rings (SSSR count). The number of alkyl halides is 3. The highest BCUT2D eigenvalue weighted by Gasteiger charge is 2.36. The van der Waals surface area contributed by atoms with Crippen LogP contribution in [0.5, 0.6) is 0 Å². The molecular weight excluding hydrogens is 224 g/mol. The molecule has 8 heteroatoms. The normalized spacial score (nSPS) is 12.1. The number of benzene rings is 1. The zero-order valence-corrected chi connectivity index (χ0v) is 7.78. The predicted octanol–water partition coefficient (Wildman–Crippen LogP) is 0.261. The lowest BCUT2D eigenvalue weighted by Crippen LogP contribution is -2.36. The van der Waals surface area contributed by atoms with Gasteiger partial charge in [-0.3, -0.25) is 5.10 Å². The SMILES string of the molecule is OB(O)c1cc2[nH]ncc2cc1C(F)(F)F. The molecule has 0 aliphatic rings. The van der Waals surface area contributed by atoms with Crippen LogP contribution in [0, 0.1) is 0 Å². The molecule has 0 radical (unpaired) electrons. The van der Waals surface area contributed by atoms with Crippen molar-refractivity contribution in [2.75, 3.05) is 0 Å². The Morgan fingerprint density at radius 3 is 2.50 bits per heavy atom. The van der Waals surface area contributed by atoms with E-state index in [1.165, 1.54) is 6.20 Å². The molecule has 0 bridgehead atoms. The van der Waals surface area contributed by atoms with Gasteiger partial charge < -0.3 is 10.0 Å². The van der Waals surface area contributed by atoms with Gasteiger partial charge in [-0.15, -0.1) is 0 Å². The van der Waals surface area contributed by atoms with E-state index in [1.807, 2.05) is 0 Å². The molecular formula is C8H6BF3N2O2. The van der Waals surface area contributed by atoms with E-state index in [9.17, 15) is 13.2 Å². The average molecular weight is 230 g/mol. The van der Waals surface area contributed by atoms with E-state index in [0.717, 1.165) is 12.1 Å². The number of halogens is 3. The molecule has 0 saturated carbocycles. The number of nitrogens with one attached hydrogen (secondary N) is 1. The minimum absolute atomic E-state index is 0.261. The Bertz CT molecular complexity index is 523. The summed E-state index contributed by atoms with van der Waals surface area (Å²) in [6.45, 7) is 0. The summed E-state index contributed by atoms with van der Waals surface area (Å²) in [4.78, 5) is 0. The van der Waals surface area contributed by atoms with Crippen molar-refractivity contribution in [3.63, 3.8) is 0 Å². The highest BCUT2D eigenvalue weighted by Crippen LogP contribution is 2.29. The van der Waals surface area contributed by atoms with E-state index >= 15 is 0 Å². The monoisotopic (exact) mass is 230 g/mol. The van der Waals surface area contributed by atoms with Crippen molar-refractivity contribution in [2.45, 2.75) is 6.18 Å². The molecule has 0 aliphatic carbocycles. The van der Waals surface area contributed by atoms with Crippen LogP contribution in [0.4, 0.5) is 13.2 Å². The number of aromatic amines is 1. The zero-order valence-electron chi connectivity index (χ0n) is 7.78. The molecule has 3 N–H and O–H groups in total. The average Bonchev–Trinajstić information content (AvgIpc) is 2.60. The molecule has 1 heterocycles. The Hall–Kier alpha value is -1.54. The Balaban J connectivity index is 2.72. The lowest BCUT2D eigenvalue weighted by atomic mass is 9.76. The molecule has 0 saturated heterocycles. The Labute approximate surface area is 87.9 Å². The second-order valence-electron chi connectivity index (χ2n) is 3.27. The molecule has 0 spiro atoms. The summed E-state index contributed by atoms with van der Waals surface area (Å²) in [5.41, 5.74) is -1.35. The van der Waals surface area contributed by atoms with Gasteiger partial charge in [0.25, 0.3) is 0 Å². The molecule has 0 amide bonds. The molecule has 4 nitrogen and oxygen atoms in total. The van der Waals surface area contributed by atoms with Crippen LogP contribution in [0.25, 0.3) is 10.9 Å². The van der Waals surface area contributed by atoms with Crippen LogP contribution in [0.1, 0.15) is 5.56 Å². The Kier molecular flexibility index (Phi) is 2.40. The minimum atomic E-state index is -4.63. The molecule has 0 atom stereocenters. The molecule has 84 valence electrons. The molecule has 1 aromatic carbocycles. The van der Waals surface area contributed by atoms with E-state index in [2.05, 4.69) is 10.2 Å². The first-order valence-electron chi connectivity index (χ1n) is 4.30. The number of nitrogens with zero attached hydrogens (tertiary/aromatic N) is 1. The van der Waals surface area contributed by atoms with Crippen LogP contribution in [-0.2, 0) is 6.18 Å². The van der Waals surface area contributed by atoms with Gasteiger partial charge in [-0.1, -0.05) is 0 Å². The third kappa shape index (κ3) is 1.77. The van der Waals surface area contributed by atoms with Gasteiger partial charge in [0, 0.05) is 5.39 Å². The van der Waals surface area contributed by atoms with E-state index < -0.39 is 24.3 Å². The number of hydrogen-bond donors (Lipinski definition) is 3. The second kappa shape index (κ2) is 3.50. The van der Waals surface area contributed by atoms with E-state index in [4.69, 9.17) is 10.0 Å². The van der Waals surface area contributed by atoms with Crippen molar-refractivity contribution >= 4 is 23.5 Å². The highest BCUT2D eigenvalue weighted by atomic mass is 19.4. The van der Waals surface area contributed by atoms with Crippen molar-refractivity contribution < 1.29 is 23.2 Å². The Morgan fingerprint density at radius 1 is 1.25 bits per heavy atom. The van der Waals surface area contributed by atoms with Gasteiger partial charge in [0.15, 0.2) is 0 Å². The number of rotatable bonds is 1. The van der Waals surface area contributed by atoms with Crippen molar-refractivity contribution in [3.05, 3.63) is 23.9 Å². The molecule has 0 unspecified atom stereocenters. The van der Waals surface area contributed by atoms with E-state index in [-0.39, 0.29) is 5.39 Å². The first-order chi connectivity index (χ1) is 7.39. The Morgan fingerprint density at radius 2 is 1.94 bits per heavy atom. The van der Waals surface area contributed by atoms with Crippen LogP contribution in [0.2, 0.25) is 0 Å². The van der Waals surface area contributed by atoms with Gasteiger partial charge >= 0.3 is 13.3 Å².